The van der Waals surface area contributed by atoms with Crippen molar-refractivity contribution in [3.63, 3.8) is 0 Å². The van der Waals surface area contributed by atoms with E-state index in [1.807, 2.05) is 19.1 Å². The highest BCUT2D eigenvalue weighted by atomic mass is 16.6. The zero-order chi connectivity index (χ0) is 22.1. The van der Waals surface area contributed by atoms with E-state index in [0.717, 1.165) is 5.56 Å². The third-order valence-electron chi connectivity index (χ3n) is 5.17. The molecule has 4 rings (SSSR count). The average molecular weight is 415 g/mol. The molecule has 1 unspecified atom stereocenters. The van der Waals surface area contributed by atoms with Crippen LogP contribution in [0.4, 0.5) is 11.4 Å². The van der Waals surface area contributed by atoms with Crippen LogP contribution in [-0.4, -0.2) is 26.7 Å². The fraction of sp³-hybridized carbons (Fsp3) is 0.0870. The molecule has 2 heterocycles. The van der Waals surface area contributed by atoms with Gasteiger partial charge < -0.3 is 5.11 Å². The lowest BCUT2D eigenvalue weighted by atomic mass is 9.95. The number of aliphatic hydroxyl groups excluding tert-OH is 1. The van der Waals surface area contributed by atoms with Gasteiger partial charge in [0, 0.05) is 35.8 Å². The first-order valence-electron chi connectivity index (χ1n) is 9.41. The lowest BCUT2D eigenvalue weighted by Crippen LogP contribution is -2.30. The Morgan fingerprint density at radius 1 is 1.06 bits per heavy atom. The number of nitro benzene ring substituents is 1. The number of nitro groups is 1. The second kappa shape index (κ2) is 7.83. The topological polar surface area (TPSA) is 114 Å². The Morgan fingerprint density at radius 3 is 2.45 bits per heavy atom. The number of nitrogens with zero attached hydrogens (tertiary/aromatic N) is 3. The van der Waals surface area contributed by atoms with Crippen LogP contribution in [0.15, 0.2) is 78.6 Å². The predicted molar refractivity (Wildman–Crippen MR) is 113 cm³/mol. The Hall–Kier alpha value is -4.33. The second-order valence-electron chi connectivity index (χ2n) is 7.04. The number of carbonyl (C=O) groups is 2. The fourth-order valence-electron chi connectivity index (χ4n) is 3.70. The van der Waals surface area contributed by atoms with Gasteiger partial charge in [-0.2, -0.15) is 0 Å². The SMILES string of the molecule is Cc1ccccc1N1C(=O)C(=O)/C(=C(\O)c2cccc([N+](=O)[O-])c2)C1c1ccncc1. The molecule has 31 heavy (non-hydrogen) atoms. The van der Waals surface area contributed by atoms with Gasteiger partial charge in [0.25, 0.3) is 17.4 Å². The van der Waals surface area contributed by atoms with E-state index in [1.165, 1.54) is 41.6 Å². The zero-order valence-electron chi connectivity index (χ0n) is 16.4. The van der Waals surface area contributed by atoms with Crippen molar-refractivity contribution in [1.82, 2.24) is 4.98 Å². The van der Waals surface area contributed by atoms with Crippen LogP contribution in [-0.2, 0) is 9.59 Å². The number of aromatic nitrogens is 1. The molecule has 154 valence electrons. The minimum absolute atomic E-state index is 0.0797. The number of rotatable bonds is 4. The molecule has 1 amide bonds. The van der Waals surface area contributed by atoms with Gasteiger partial charge in [-0.3, -0.25) is 29.6 Å². The molecule has 0 saturated carbocycles. The van der Waals surface area contributed by atoms with Crippen molar-refractivity contribution in [3.8, 4) is 0 Å². The lowest BCUT2D eigenvalue weighted by Gasteiger charge is -2.26. The molecule has 8 nitrogen and oxygen atoms in total. The largest absolute Gasteiger partial charge is 0.507 e. The van der Waals surface area contributed by atoms with Gasteiger partial charge in [0.15, 0.2) is 0 Å². The summed E-state index contributed by atoms with van der Waals surface area (Å²) in [6.07, 6.45) is 3.06. The molecule has 8 heteroatoms. The lowest BCUT2D eigenvalue weighted by molar-refractivity contribution is -0.384. The number of aryl methyl sites for hydroxylation is 1. The molecule has 1 fully saturated rings. The number of hydrogen-bond donors (Lipinski definition) is 1. The minimum Gasteiger partial charge on any atom is -0.507 e. The van der Waals surface area contributed by atoms with E-state index in [1.54, 1.807) is 24.3 Å². The van der Waals surface area contributed by atoms with Crippen LogP contribution in [0.25, 0.3) is 5.76 Å². The minimum atomic E-state index is -0.914. The molecular formula is C23H17N3O5. The number of Topliss-reactive ketones (excluding diaryl/α,β-unsaturated/α-hetero) is 1. The summed E-state index contributed by atoms with van der Waals surface area (Å²) in [5.41, 5.74) is 1.58. The summed E-state index contributed by atoms with van der Waals surface area (Å²) in [6, 6.07) is 14.8. The van der Waals surface area contributed by atoms with Crippen LogP contribution in [0.3, 0.4) is 0 Å². The number of non-ortho nitro benzene ring substituents is 1. The monoisotopic (exact) mass is 415 g/mol. The number of pyridine rings is 1. The van der Waals surface area contributed by atoms with E-state index in [0.29, 0.717) is 11.3 Å². The van der Waals surface area contributed by atoms with Crippen LogP contribution in [0.5, 0.6) is 0 Å². The Balaban J connectivity index is 1.96. The van der Waals surface area contributed by atoms with Crippen LogP contribution in [0, 0.1) is 17.0 Å². The van der Waals surface area contributed by atoms with Gasteiger partial charge in [-0.05, 0) is 36.2 Å². The first-order valence-corrected chi connectivity index (χ1v) is 9.41. The highest BCUT2D eigenvalue weighted by Gasteiger charge is 2.47. The van der Waals surface area contributed by atoms with Crippen molar-refractivity contribution < 1.29 is 19.6 Å². The molecular weight excluding hydrogens is 398 g/mol. The summed E-state index contributed by atoms with van der Waals surface area (Å²) in [6.45, 7) is 1.82. The molecule has 1 aliphatic rings. The maximum absolute atomic E-state index is 13.1. The number of aliphatic hydroxyl groups is 1. The molecule has 0 spiro atoms. The quantitative estimate of drug-likeness (QED) is 0.227. The maximum Gasteiger partial charge on any atom is 0.300 e. The fourth-order valence-corrected chi connectivity index (χ4v) is 3.70. The number of ketones is 1. The normalized spacial score (nSPS) is 17.7. The van der Waals surface area contributed by atoms with Gasteiger partial charge in [0.05, 0.1) is 16.5 Å². The Morgan fingerprint density at radius 2 is 1.77 bits per heavy atom. The van der Waals surface area contributed by atoms with E-state index >= 15 is 0 Å². The van der Waals surface area contributed by atoms with E-state index in [2.05, 4.69) is 4.98 Å². The van der Waals surface area contributed by atoms with Crippen LogP contribution in [0.2, 0.25) is 0 Å². The Bertz CT molecular complexity index is 1240. The van der Waals surface area contributed by atoms with Crippen molar-refractivity contribution in [2.24, 2.45) is 0 Å². The van der Waals surface area contributed by atoms with Crippen LogP contribution in [0.1, 0.15) is 22.7 Å². The second-order valence-corrected chi connectivity index (χ2v) is 7.04. The summed E-state index contributed by atoms with van der Waals surface area (Å²) < 4.78 is 0. The zero-order valence-corrected chi connectivity index (χ0v) is 16.4. The summed E-state index contributed by atoms with van der Waals surface area (Å²) >= 11 is 0. The smallest absolute Gasteiger partial charge is 0.300 e. The number of benzene rings is 2. The van der Waals surface area contributed by atoms with Gasteiger partial charge in [0.2, 0.25) is 0 Å². The molecule has 0 radical (unpaired) electrons. The van der Waals surface area contributed by atoms with Crippen molar-refractivity contribution in [2.75, 3.05) is 4.90 Å². The van der Waals surface area contributed by atoms with E-state index < -0.39 is 28.4 Å². The summed E-state index contributed by atoms with van der Waals surface area (Å²) in [5, 5.41) is 22.2. The molecule has 2 aromatic carbocycles. The highest BCUT2D eigenvalue weighted by Crippen LogP contribution is 2.43. The third kappa shape index (κ3) is 3.44. The molecule has 0 aliphatic carbocycles. The first-order chi connectivity index (χ1) is 14.9. The summed E-state index contributed by atoms with van der Waals surface area (Å²) in [7, 11) is 0. The van der Waals surface area contributed by atoms with E-state index in [4.69, 9.17) is 0 Å². The third-order valence-corrected chi connectivity index (χ3v) is 5.17. The number of amides is 1. The number of para-hydroxylation sites is 1. The van der Waals surface area contributed by atoms with E-state index in [-0.39, 0.29) is 16.8 Å². The Labute approximate surface area is 177 Å². The summed E-state index contributed by atoms with van der Waals surface area (Å²) in [4.78, 5) is 42.0. The predicted octanol–water partition coefficient (Wildman–Crippen LogP) is 3.92. The first kappa shape index (κ1) is 20.0. The summed E-state index contributed by atoms with van der Waals surface area (Å²) in [5.74, 6) is -2.13. The maximum atomic E-state index is 13.1. The van der Waals surface area contributed by atoms with Gasteiger partial charge >= 0.3 is 0 Å². The molecule has 1 saturated heterocycles. The van der Waals surface area contributed by atoms with Crippen LogP contribution >= 0.6 is 0 Å². The number of hydrogen-bond acceptors (Lipinski definition) is 6. The van der Waals surface area contributed by atoms with Gasteiger partial charge in [0.1, 0.15) is 5.76 Å². The molecule has 3 aromatic rings. The molecule has 1 atom stereocenters. The highest BCUT2D eigenvalue weighted by molar-refractivity contribution is 6.51. The van der Waals surface area contributed by atoms with Crippen molar-refractivity contribution in [1.29, 1.82) is 0 Å². The van der Waals surface area contributed by atoms with Crippen molar-refractivity contribution in [3.05, 3.63) is 105 Å². The standard InChI is InChI=1S/C23H17N3O5/c1-14-5-2-3-8-18(14)25-20(15-9-11-24-12-10-15)19(22(28)23(25)29)21(27)16-6-4-7-17(13-16)26(30)31/h2-13,20,27H,1H3/b21-19-. The molecule has 1 N–H and O–H groups in total. The Kier molecular flexibility index (Phi) is 5.04. The van der Waals surface area contributed by atoms with Gasteiger partial charge in [-0.25, -0.2) is 0 Å². The molecule has 1 aromatic heterocycles. The van der Waals surface area contributed by atoms with Crippen molar-refractivity contribution in [2.45, 2.75) is 13.0 Å². The van der Waals surface area contributed by atoms with Crippen LogP contribution < -0.4 is 4.90 Å². The van der Waals surface area contributed by atoms with Crippen molar-refractivity contribution >= 4 is 28.8 Å². The number of carbonyl (C=O) groups excluding carboxylic acids is 2. The van der Waals surface area contributed by atoms with Gasteiger partial charge in [-0.15, -0.1) is 0 Å². The molecule has 0 bridgehead atoms. The van der Waals surface area contributed by atoms with Gasteiger partial charge in [-0.1, -0.05) is 30.3 Å². The number of anilines is 1. The van der Waals surface area contributed by atoms with E-state index in [9.17, 15) is 24.8 Å². The molecule has 1 aliphatic heterocycles. The average Bonchev–Trinajstić information content (AvgIpc) is 3.05.